The smallest absolute Gasteiger partial charge is 0.205 e. The second-order valence-corrected chi connectivity index (χ2v) is 5.35. The van der Waals surface area contributed by atoms with Gasteiger partial charge in [0.25, 0.3) is 0 Å². The molecule has 0 amide bonds. The lowest BCUT2D eigenvalue weighted by atomic mass is 10.2. The minimum Gasteiger partial charge on any atom is -0.413 e. The molecule has 0 atom stereocenters. The van der Waals surface area contributed by atoms with Gasteiger partial charge in [-0.25, -0.2) is 22.0 Å². The molecule has 1 nitrogen and oxygen atoms in total. The van der Waals surface area contributed by atoms with E-state index in [1.807, 2.05) is 0 Å². The van der Waals surface area contributed by atoms with Crippen molar-refractivity contribution in [2.24, 2.45) is 0 Å². The Hall–Kier alpha value is -0.953. The summed E-state index contributed by atoms with van der Waals surface area (Å²) in [5, 5.41) is 0. The molecule has 1 radical (unpaired) electrons. The molecule has 1 rings (SSSR count). The summed E-state index contributed by atoms with van der Waals surface area (Å²) in [6.45, 7) is 2.74. The van der Waals surface area contributed by atoms with Crippen LogP contribution in [0.2, 0.25) is 13.1 Å². The molecule has 89 valence electrons. The Bertz CT molecular complexity index is 378. The molecule has 7 heteroatoms. The van der Waals surface area contributed by atoms with Crippen LogP contribution in [-0.2, 0) is 11.0 Å². The van der Waals surface area contributed by atoms with E-state index in [0.29, 0.717) is 0 Å². The molecule has 16 heavy (non-hydrogen) atoms. The van der Waals surface area contributed by atoms with Gasteiger partial charge in [-0.05, 0) is 13.1 Å². The molecule has 0 bridgehead atoms. The summed E-state index contributed by atoms with van der Waals surface area (Å²) in [6, 6.07) is 0. The third-order valence-electron chi connectivity index (χ3n) is 1.81. The SMILES string of the molecule is C[Si](C)OCc1c(F)c(F)c(F)c(F)c1F. The molecule has 0 heterocycles. The summed E-state index contributed by atoms with van der Waals surface area (Å²) >= 11 is 0. The van der Waals surface area contributed by atoms with Crippen molar-refractivity contribution >= 4 is 9.04 Å². The molecule has 0 aromatic heterocycles. The van der Waals surface area contributed by atoms with Crippen molar-refractivity contribution in [3.8, 4) is 0 Å². The van der Waals surface area contributed by atoms with Gasteiger partial charge in [0.2, 0.25) is 14.9 Å². The zero-order valence-electron chi connectivity index (χ0n) is 8.51. The Morgan fingerprint density at radius 1 is 0.812 bits per heavy atom. The van der Waals surface area contributed by atoms with Crippen LogP contribution in [0.25, 0.3) is 0 Å². The topological polar surface area (TPSA) is 9.23 Å². The third-order valence-corrected chi connectivity index (χ3v) is 2.53. The highest BCUT2D eigenvalue weighted by molar-refractivity contribution is 6.48. The lowest BCUT2D eigenvalue weighted by Gasteiger charge is -2.10. The van der Waals surface area contributed by atoms with Gasteiger partial charge in [0.15, 0.2) is 23.3 Å². The van der Waals surface area contributed by atoms with Crippen LogP contribution in [0.15, 0.2) is 0 Å². The molecule has 0 fully saturated rings. The van der Waals surface area contributed by atoms with Gasteiger partial charge in [-0.1, -0.05) is 0 Å². The van der Waals surface area contributed by atoms with Crippen molar-refractivity contribution in [3.63, 3.8) is 0 Å². The summed E-state index contributed by atoms with van der Waals surface area (Å²) in [6.07, 6.45) is 0. The van der Waals surface area contributed by atoms with Gasteiger partial charge in [0, 0.05) is 0 Å². The highest BCUT2D eigenvalue weighted by Gasteiger charge is 2.25. The first-order valence-electron chi connectivity index (χ1n) is 4.29. The average Bonchev–Trinajstić information content (AvgIpc) is 2.23. The molecule has 0 N–H and O–H groups in total. The maximum absolute atomic E-state index is 13.1. The van der Waals surface area contributed by atoms with Crippen molar-refractivity contribution in [2.45, 2.75) is 19.7 Å². The summed E-state index contributed by atoms with van der Waals surface area (Å²) in [7, 11) is -1.27. The second kappa shape index (κ2) is 4.92. The third kappa shape index (κ3) is 2.41. The van der Waals surface area contributed by atoms with Crippen molar-refractivity contribution < 1.29 is 26.4 Å². The van der Waals surface area contributed by atoms with Gasteiger partial charge in [0.1, 0.15) is 0 Å². The molecule has 1 aromatic rings. The van der Waals surface area contributed by atoms with Crippen LogP contribution in [-0.4, -0.2) is 9.04 Å². The number of hydrogen-bond acceptors (Lipinski definition) is 1. The summed E-state index contributed by atoms with van der Waals surface area (Å²) in [4.78, 5) is 0. The Morgan fingerprint density at radius 2 is 1.19 bits per heavy atom. The van der Waals surface area contributed by atoms with E-state index in [1.165, 1.54) is 0 Å². The minimum atomic E-state index is -2.16. The molecular weight excluding hydrogens is 247 g/mol. The van der Waals surface area contributed by atoms with E-state index >= 15 is 0 Å². The fraction of sp³-hybridized carbons (Fsp3) is 0.333. The van der Waals surface area contributed by atoms with Crippen LogP contribution in [0.3, 0.4) is 0 Å². The standard InChI is InChI=1S/C9H8F5OSi/c1-16(2)15-3-4-5(10)7(12)9(14)8(13)6(4)11/h3H2,1-2H3. The highest BCUT2D eigenvalue weighted by Crippen LogP contribution is 2.23. The molecule has 0 saturated carbocycles. The van der Waals surface area contributed by atoms with Crippen molar-refractivity contribution in [2.75, 3.05) is 0 Å². The normalized spacial score (nSPS) is 11.2. The monoisotopic (exact) mass is 255 g/mol. The molecule has 0 aliphatic rings. The zero-order chi connectivity index (χ0) is 12.5. The lowest BCUT2D eigenvalue weighted by Crippen LogP contribution is -2.13. The van der Waals surface area contributed by atoms with Crippen LogP contribution < -0.4 is 0 Å². The zero-order valence-corrected chi connectivity index (χ0v) is 9.51. The van der Waals surface area contributed by atoms with Gasteiger partial charge in [-0.15, -0.1) is 0 Å². The van der Waals surface area contributed by atoms with E-state index in [-0.39, 0.29) is 0 Å². The number of rotatable bonds is 3. The van der Waals surface area contributed by atoms with Crippen LogP contribution in [0.1, 0.15) is 5.56 Å². The first kappa shape index (κ1) is 13.1. The van der Waals surface area contributed by atoms with Gasteiger partial charge in [-0.3, -0.25) is 0 Å². The maximum Gasteiger partial charge on any atom is 0.205 e. The van der Waals surface area contributed by atoms with E-state index in [9.17, 15) is 22.0 Å². The molecule has 1 aromatic carbocycles. The Morgan fingerprint density at radius 3 is 1.56 bits per heavy atom. The van der Waals surface area contributed by atoms with Crippen molar-refractivity contribution in [1.82, 2.24) is 0 Å². The summed E-state index contributed by atoms with van der Waals surface area (Å²) in [5.74, 6) is -9.71. The van der Waals surface area contributed by atoms with Gasteiger partial charge in [0.05, 0.1) is 12.2 Å². The molecule has 0 saturated heterocycles. The highest BCUT2D eigenvalue weighted by atomic mass is 28.3. The predicted octanol–water partition coefficient (Wildman–Crippen LogP) is 3.15. The fourth-order valence-corrected chi connectivity index (χ4v) is 1.43. The van der Waals surface area contributed by atoms with Gasteiger partial charge >= 0.3 is 0 Å². The first-order valence-corrected chi connectivity index (χ1v) is 6.70. The lowest BCUT2D eigenvalue weighted by molar-refractivity contribution is 0.284. The largest absolute Gasteiger partial charge is 0.413 e. The van der Waals surface area contributed by atoms with Crippen LogP contribution in [0, 0.1) is 29.1 Å². The molecule has 0 spiro atoms. The Kier molecular flexibility index (Phi) is 4.03. The van der Waals surface area contributed by atoms with E-state index in [1.54, 1.807) is 13.1 Å². The van der Waals surface area contributed by atoms with Crippen LogP contribution >= 0.6 is 0 Å². The predicted molar refractivity (Wildman–Crippen MR) is 48.5 cm³/mol. The Labute approximate surface area is 90.6 Å². The van der Waals surface area contributed by atoms with Crippen molar-refractivity contribution in [3.05, 3.63) is 34.6 Å². The number of hydrogen-bond donors (Lipinski definition) is 0. The van der Waals surface area contributed by atoms with E-state index < -0.39 is 50.3 Å². The molecule has 0 unspecified atom stereocenters. The summed E-state index contributed by atoms with van der Waals surface area (Å²) in [5.41, 5.74) is -0.928. The minimum absolute atomic E-state index is 0.618. The van der Waals surface area contributed by atoms with E-state index in [2.05, 4.69) is 0 Å². The second-order valence-electron chi connectivity index (χ2n) is 3.25. The van der Waals surface area contributed by atoms with E-state index in [0.717, 1.165) is 0 Å². The maximum atomic E-state index is 13.1. The van der Waals surface area contributed by atoms with Crippen LogP contribution in [0.5, 0.6) is 0 Å². The fourth-order valence-electron chi connectivity index (χ4n) is 0.994. The number of halogens is 5. The first-order chi connectivity index (χ1) is 7.36. The van der Waals surface area contributed by atoms with Gasteiger partial charge < -0.3 is 4.43 Å². The molecule has 0 aliphatic carbocycles. The van der Waals surface area contributed by atoms with E-state index in [4.69, 9.17) is 4.43 Å². The quantitative estimate of drug-likeness (QED) is 0.349. The van der Waals surface area contributed by atoms with Crippen molar-refractivity contribution in [1.29, 1.82) is 0 Å². The van der Waals surface area contributed by atoms with Crippen LogP contribution in [0.4, 0.5) is 22.0 Å². The molecule has 0 aliphatic heterocycles. The van der Waals surface area contributed by atoms with Gasteiger partial charge in [-0.2, -0.15) is 0 Å². The molecular formula is C9H8F5OSi. The number of benzene rings is 1. The Balaban J connectivity index is 3.18. The average molecular weight is 255 g/mol. The summed E-state index contributed by atoms with van der Waals surface area (Å²) < 4.78 is 69.1.